The number of halogens is 3. The van der Waals surface area contributed by atoms with Gasteiger partial charge in [-0.3, -0.25) is 4.79 Å². The van der Waals surface area contributed by atoms with Gasteiger partial charge in [-0.25, -0.2) is 0 Å². The van der Waals surface area contributed by atoms with E-state index in [9.17, 15) is 18.0 Å². The molecule has 0 radical (unpaired) electrons. The maximum Gasteiger partial charge on any atom is 0.416 e. The first-order valence-corrected chi connectivity index (χ1v) is 8.11. The van der Waals surface area contributed by atoms with Gasteiger partial charge < -0.3 is 10.3 Å². The molecule has 2 aromatic carbocycles. The Morgan fingerprint density at radius 3 is 2.73 bits per heavy atom. The summed E-state index contributed by atoms with van der Waals surface area (Å²) in [5.74, 6) is -0.290. The number of carbonyl (C=O) groups is 1. The van der Waals surface area contributed by atoms with Gasteiger partial charge in [-0.05, 0) is 35.8 Å². The lowest BCUT2D eigenvalue weighted by atomic mass is 10.1. The number of aromatic nitrogens is 1. The van der Waals surface area contributed by atoms with Gasteiger partial charge in [0.15, 0.2) is 0 Å². The van der Waals surface area contributed by atoms with Gasteiger partial charge in [-0.15, -0.1) is 0 Å². The van der Waals surface area contributed by atoms with Gasteiger partial charge >= 0.3 is 6.18 Å². The Morgan fingerprint density at radius 1 is 1.12 bits per heavy atom. The highest BCUT2D eigenvalue weighted by molar-refractivity contribution is 5.96. The number of amides is 1. The van der Waals surface area contributed by atoms with E-state index in [0.717, 1.165) is 28.6 Å². The number of carbonyl (C=O) groups excluding carboxylic acids is 1. The molecule has 0 fully saturated rings. The predicted octanol–water partition coefficient (Wildman–Crippen LogP) is 4.56. The first-order chi connectivity index (χ1) is 12.4. The molecule has 3 nitrogen and oxygen atoms in total. The SMILES string of the molecule is O=C(/C=C/c1c[nH]c2ccccc12)NCCc1cccc(C(F)(F)F)c1. The molecule has 0 bridgehead atoms. The van der Waals surface area contributed by atoms with Crippen molar-refractivity contribution in [3.8, 4) is 0 Å². The third-order valence-electron chi connectivity index (χ3n) is 4.00. The van der Waals surface area contributed by atoms with E-state index in [-0.39, 0.29) is 12.5 Å². The van der Waals surface area contributed by atoms with Crippen molar-refractivity contribution in [3.05, 3.63) is 77.5 Å². The van der Waals surface area contributed by atoms with Crippen LogP contribution in [0.25, 0.3) is 17.0 Å². The van der Waals surface area contributed by atoms with Gasteiger partial charge in [0.1, 0.15) is 0 Å². The van der Waals surface area contributed by atoms with Crippen LogP contribution in [0.15, 0.2) is 60.8 Å². The van der Waals surface area contributed by atoms with Crippen LogP contribution >= 0.6 is 0 Å². The maximum atomic E-state index is 12.7. The molecule has 1 aromatic heterocycles. The summed E-state index contributed by atoms with van der Waals surface area (Å²) in [5, 5.41) is 3.70. The zero-order valence-electron chi connectivity index (χ0n) is 13.8. The van der Waals surface area contributed by atoms with Gasteiger partial charge in [0, 0.05) is 29.7 Å². The number of nitrogens with one attached hydrogen (secondary N) is 2. The molecule has 0 spiro atoms. The lowest BCUT2D eigenvalue weighted by molar-refractivity contribution is -0.137. The van der Waals surface area contributed by atoms with Crippen molar-refractivity contribution < 1.29 is 18.0 Å². The van der Waals surface area contributed by atoms with Crippen LogP contribution in [-0.4, -0.2) is 17.4 Å². The average molecular weight is 358 g/mol. The highest BCUT2D eigenvalue weighted by Crippen LogP contribution is 2.29. The van der Waals surface area contributed by atoms with Crippen LogP contribution in [0.5, 0.6) is 0 Å². The molecule has 0 unspecified atom stereocenters. The molecule has 0 saturated heterocycles. The number of alkyl halides is 3. The highest BCUT2D eigenvalue weighted by atomic mass is 19.4. The average Bonchev–Trinajstić information content (AvgIpc) is 3.03. The zero-order chi connectivity index (χ0) is 18.6. The minimum atomic E-state index is -4.36. The second-order valence-corrected chi connectivity index (χ2v) is 5.86. The number of fused-ring (bicyclic) bond motifs is 1. The Labute approximate surface area is 148 Å². The number of hydrogen-bond acceptors (Lipinski definition) is 1. The number of rotatable bonds is 5. The second-order valence-electron chi connectivity index (χ2n) is 5.86. The smallest absolute Gasteiger partial charge is 0.361 e. The lowest BCUT2D eigenvalue weighted by Crippen LogP contribution is -2.23. The quantitative estimate of drug-likeness (QED) is 0.646. The van der Waals surface area contributed by atoms with E-state index in [1.807, 2.05) is 30.5 Å². The number of aromatic amines is 1. The molecule has 3 rings (SSSR count). The van der Waals surface area contributed by atoms with Crippen LogP contribution in [0.2, 0.25) is 0 Å². The van der Waals surface area contributed by atoms with E-state index in [0.29, 0.717) is 12.0 Å². The van der Waals surface area contributed by atoms with Crippen molar-refractivity contribution in [2.75, 3.05) is 6.54 Å². The first kappa shape index (κ1) is 17.8. The van der Waals surface area contributed by atoms with Crippen molar-refractivity contribution in [2.24, 2.45) is 0 Å². The van der Waals surface area contributed by atoms with Crippen molar-refractivity contribution in [1.82, 2.24) is 10.3 Å². The molecular weight excluding hydrogens is 341 g/mol. The Hall–Kier alpha value is -3.02. The standard InChI is InChI=1S/C20H17F3N2O/c21-20(22,23)16-5-3-4-14(12-16)10-11-24-19(26)9-8-15-13-25-18-7-2-1-6-17(15)18/h1-9,12-13,25H,10-11H2,(H,24,26)/b9-8+. The topological polar surface area (TPSA) is 44.9 Å². The van der Waals surface area contributed by atoms with Crippen LogP contribution in [-0.2, 0) is 17.4 Å². The molecule has 6 heteroatoms. The fraction of sp³-hybridized carbons (Fsp3) is 0.150. The van der Waals surface area contributed by atoms with Crippen molar-refractivity contribution in [1.29, 1.82) is 0 Å². The number of benzene rings is 2. The predicted molar refractivity (Wildman–Crippen MR) is 95.5 cm³/mol. The molecule has 2 N–H and O–H groups in total. The largest absolute Gasteiger partial charge is 0.416 e. The molecule has 26 heavy (non-hydrogen) atoms. The van der Waals surface area contributed by atoms with Gasteiger partial charge in [-0.2, -0.15) is 13.2 Å². The molecule has 0 saturated carbocycles. The summed E-state index contributed by atoms with van der Waals surface area (Å²) in [6.45, 7) is 0.262. The van der Waals surface area contributed by atoms with Crippen LogP contribution in [0.3, 0.4) is 0 Å². The molecule has 1 heterocycles. The van der Waals surface area contributed by atoms with Crippen LogP contribution in [0.1, 0.15) is 16.7 Å². The maximum absolute atomic E-state index is 12.7. The molecule has 1 amide bonds. The normalized spacial score (nSPS) is 12.0. The fourth-order valence-corrected chi connectivity index (χ4v) is 2.69. The third-order valence-corrected chi connectivity index (χ3v) is 4.00. The number of hydrogen-bond donors (Lipinski definition) is 2. The summed E-state index contributed by atoms with van der Waals surface area (Å²) in [5.41, 5.74) is 1.73. The van der Waals surface area contributed by atoms with Crippen molar-refractivity contribution in [2.45, 2.75) is 12.6 Å². The second kappa shape index (κ2) is 7.47. The summed E-state index contributed by atoms with van der Waals surface area (Å²) < 4.78 is 38.0. The van der Waals surface area contributed by atoms with Gasteiger partial charge in [-0.1, -0.05) is 36.4 Å². The molecular formula is C20H17F3N2O. The first-order valence-electron chi connectivity index (χ1n) is 8.11. The number of para-hydroxylation sites is 1. The molecule has 0 aliphatic rings. The minimum absolute atomic E-state index is 0.262. The lowest BCUT2D eigenvalue weighted by Gasteiger charge is -2.08. The van der Waals surface area contributed by atoms with E-state index in [4.69, 9.17) is 0 Å². The van der Waals surface area contributed by atoms with E-state index in [1.165, 1.54) is 12.1 Å². The van der Waals surface area contributed by atoms with Crippen molar-refractivity contribution in [3.63, 3.8) is 0 Å². The van der Waals surface area contributed by atoms with Gasteiger partial charge in [0.05, 0.1) is 5.56 Å². The summed E-state index contributed by atoms with van der Waals surface area (Å²) in [7, 11) is 0. The van der Waals surface area contributed by atoms with E-state index in [1.54, 1.807) is 12.1 Å². The molecule has 3 aromatic rings. The van der Waals surface area contributed by atoms with Gasteiger partial charge in [0.2, 0.25) is 5.91 Å². The molecule has 0 aliphatic heterocycles. The van der Waals surface area contributed by atoms with E-state index in [2.05, 4.69) is 10.3 Å². The van der Waals surface area contributed by atoms with Crippen LogP contribution < -0.4 is 5.32 Å². The Kier molecular flexibility index (Phi) is 5.11. The molecule has 0 atom stereocenters. The zero-order valence-corrected chi connectivity index (χ0v) is 13.8. The third kappa shape index (κ3) is 4.33. The van der Waals surface area contributed by atoms with E-state index < -0.39 is 11.7 Å². The Bertz CT molecular complexity index is 941. The summed E-state index contributed by atoms with van der Waals surface area (Å²) in [6.07, 6.45) is 0.912. The van der Waals surface area contributed by atoms with Gasteiger partial charge in [0.25, 0.3) is 0 Å². The summed E-state index contributed by atoms with van der Waals surface area (Å²) in [4.78, 5) is 15.0. The highest BCUT2D eigenvalue weighted by Gasteiger charge is 2.30. The fourth-order valence-electron chi connectivity index (χ4n) is 2.69. The summed E-state index contributed by atoms with van der Waals surface area (Å²) in [6, 6.07) is 12.9. The number of H-pyrrole nitrogens is 1. The summed E-state index contributed by atoms with van der Waals surface area (Å²) >= 11 is 0. The van der Waals surface area contributed by atoms with Crippen LogP contribution in [0.4, 0.5) is 13.2 Å². The monoisotopic (exact) mass is 358 g/mol. The van der Waals surface area contributed by atoms with Crippen molar-refractivity contribution >= 4 is 22.9 Å². The van der Waals surface area contributed by atoms with Crippen LogP contribution in [0, 0.1) is 0 Å². The Balaban J connectivity index is 1.55. The van der Waals surface area contributed by atoms with E-state index >= 15 is 0 Å². The Morgan fingerprint density at radius 2 is 1.92 bits per heavy atom. The molecule has 0 aliphatic carbocycles. The molecule has 134 valence electrons. The minimum Gasteiger partial charge on any atom is -0.361 e.